The molecule has 0 saturated carbocycles. The van der Waals surface area contributed by atoms with Gasteiger partial charge in [0.05, 0.1) is 5.69 Å². The molecular weight excluding hydrogens is 270 g/mol. The lowest BCUT2D eigenvalue weighted by atomic mass is 10.1. The number of rotatable bonds is 7. The predicted octanol–water partition coefficient (Wildman–Crippen LogP) is 3.63. The molecule has 1 aromatic heterocycles. The third-order valence-corrected chi connectivity index (χ3v) is 3.96. The molecule has 1 aliphatic rings. The van der Waals surface area contributed by atoms with Gasteiger partial charge in [-0.2, -0.15) is 0 Å². The van der Waals surface area contributed by atoms with E-state index >= 15 is 0 Å². The zero-order valence-electron chi connectivity index (χ0n) is 13.6. The number of hydrogen-bond donors (Lipinski definition) is 1. The molecule has 1 fully saturated rings. The number of allylic oxidation sites excluding steroid dienone is 4. The first-order chi connectivity index (χ1) is 10.8. The van der Waals surface area contributed by atoms with Gasteiger partial charge in [0.2, 0.25) is 0 Å². The van der Waals surface area contributed by atoms with E-state index in [0.29, 0.717) is 0 Å². The summed E-state index contributed by atoms with van der Waals surface area (Å²) in [6.45, 7) is 10.6. The fourth-order valence-electron chi connectivity index (χ4n) is 2.67. The highest BCUT2D eigenvalue weighted by Crippen LogP contribution is 2.13. The van der Waals surface area contributed by atoms with E-state index < -0.39 is 0 Å². The van der Waals surface area contributed by atoms with E-state index in [9.17, 15) is 0 Å². The van der Waals surface area contributed by atoms with Gasteiger partial charge < -0.3 is 10.2 Å². The molecular formula is C19H27N3. The molecule has 1 N–H and O–H groups in total. The summed E-state index contributed by atoms with van der Waals surface area (Å²) in [6, 6.07) is 5.96. The van der Waals surface area contributed by atoms with Crippen molar-refractivity contribution >= 4 is 5.57 Å². The van der Waals surface area contributed by atoms with Gasteiger partial charge in [0.15, 0.2) is 0 Å². The van der Waals surface area contributed by atoms with E-state index in [1.807, 2.05) is 37.4 Å². The van der Waals surface area contributed by atoms with Crippen molar-refractivity contribution in [3.63, 3.8) is 0 Å². The van der Waals surface area contributed by atoms with Crippen LogP contribution in [0.25, 0.3) is 5.57 Å². The molecule has 1 aliphatic heterocycles. The monoisotopic (exact) mass is 297 g/mol. The van der Waals surface area contributed by atoms with E-state index in [2.05, 4.69) is 33.9 Å². The maximum absolute atomic E-state index is 4.37. The SMILES string of the molecule is C=C(/C=C\C(=C/C)c1ccccn1)NCCN1CCCCC1. The van der Waals surface area contributed by atoms with Crippen LogP contribution >= 0.6 is 0 Å². The van der Waals surface area contributed by atoms with Gasteiger partial charge in [0.25, 0.3) is 0 Å². The summed E-state index contributed by atoms with van der Waals surface area (Å²) in [5, 5.41) is 3.39. The van der Waals surface area contributed by atoms with E-state index in [1.165, 1.54) is 32.4 Å². The first kappa shape index (κ1) is 16.5. The predicted molar refractivity (Wildman–Crippen MR) is 94.5 cm³/mol. The Morgan fingerprint density at radius 1 is 1.27 bits per heavy atom. The van der Waals surface area contributed by atoms with Crippen molar-refractivity contribution < 1.29 is 0 Å². The minimum atomic E-state index is 0.951. The largest absolute Gasteiger partial charge is 0.384 e. The zero-order valence-corrected chi connectivity index (χ0v) is 13.6. The minimum Gasteiger partial charge on any atom is -0.384 e. The molecule has 1 aromatic rings. The molecule has 0 aliphatic carbocycles. The molecule has 0 aromatic carbocycles. The third-order valence-electron chi connectivity index (χ3n) is 3.96. The van der Waals surface area contributed by atoms with Crippen molar-refractivity contribution in [2.45, 2.75) is 26.2 Å². The first-order valence-electron chi connectivity index (χ1n) is 8.20. The molecule has 3 nitrogen and oxygen atoms in total. The molecule has 0 atom stereocenters. The molecule has 0 spiro atoms. The Labute approximate surface area is 134 Å². The van der Waals surface area contributed by atoms with Crippen molar-refractivity contribution in [3.05, 3.63) is 60.6 Å². The van der Waals surface area contributed by atoms with E-state index in [0.717, 1.165) is 30.1 Å². The Balaban J connectivity index is 1.75. The Hall–Kier alpha value is -1.87. The quantitative estimate of drug-likeness (QED) is 0.779. The van der Waals surface area contributed by atoms with Crippen LogP contribution in [0.4, 0.5) is 0 Å². The Bertz CT molecular complexity index is 511. The fraction of sp³-hybridized carbons (Fsp3) is 0.421. The maximum Gasteiger partial charge on any atom is 0.0698 e. The molecule has 0 radical (unpaired) electrons. The highest BCUT2D eigenvalue weighted by Gasteiger charge is 2.08. The fourth-order valence-corrected chi connectivity index (χ4v) is 2.67. The van der Waals surface area contributed by atoms with Gasteiger partial charge in [-0.05, 0) is 56.6 Å². The van der Waals surface area contributed by atoms with Crippen LogP contribution in [0, 0.1) is 0 Å². The molecule has 1 saturated heterocycles. The lowest BCUT2D eigenvalue weighted by Gasteiger charge is -2.26. The molecule has 3 heteroatoms. The van der Waals surface area contributed by atoms with E-state index in [1.54, 1.807) is 0 Å². The van der Waals surface area contributed by atoms with E-state index in [-0.39, 0.29) is 0 Å². The maximum atomic E-state index is 4.37. The average Bonchev–Trinajstić information content (AvgIpc) is 2.57. The average molecular weight is 297 g/mol. The normalized spacial score (nSPS) is 16.9. The van der Waals surface area contributed by atoms with Crippen LogP contribution in [0.1, 0.15) is 31.9 Å². The zero-order chi connectivity index (χ0) is 15.6. The van der Waals surface area contributed by atoms with Crippen LogP contribution in [-0.4, -0.2) is 36.1 Å². The molecule has 2 rings (SSSR count). The summed E-state index contributed by atoms with van der Waals surface area (Å²) in [4.78, 5) is 6.90. The second kappa shape index (κ2) is 9.21. The first-order valence-corrected chi connectivity index (χ1v) is 8.20. The number of pyridine rings is 1. The molecule has 0 unspecified atom stereocenters. The van der Waals surface area contributed by atoms with Crippen LogP contribution in [0.5, 0.6) is 0 Å². The van der Waals surface area contributed by atoms with E-state index in [4.69, 9.17) is 0 Å². The molecule has 0 bridgehead atoms. The third kappa shape index (κ3) is 5.49. The number of hydrogen-bond acceptors (Lipinski definition) is 3. The van der Waals surface area contributed by atoms with Crippen molar-refractivity contribution in [2.24, 2.45) is 0 Å². The van der Waals surface area contributed by atoms with Crippen molar-refractivity contribution in [2.75, 3.05) is 26.2 Å². The number of nitrogens with one attached hydrogen (secondary N) is 1. The van der Waals surface area contributed by atoms with Gasteiger partial charge in [0, 0.05) is 25.0 Å². The number of nitrogens with zero attached hydrogens (tertiary/aromatic N) is 2. The minimum absolute atomic E-state index is 0.951. The van der Waals surface area contributed by atoms with Crippen LogP contribution < -0.4 is 5.32 Å². The standard InChI is InChI=1S/C19H27N3/c1-3-18(19-9-5-6-12-21-19)11-10-17(2)20-13-16-22-14-7-4-8-15-22/h3,5-6,9-12,20H,2,4,7-8,13-16H2,1H3/b11-10-,18-3+. The van der Waals surface area contributed by atoms with Gasteiger partial charge >= 0.3 is 0 Å². The topological polar surface area (TPSA) is 28.2 Å². The number of aromatic nitrogens is 1. The summed E-state index contributed by atoms with van der Waals surface area (Å²) in [5.41, 5.74) is 3.05. The number of likely N-dealkylation sites (tertiary alicyclic amines) is 1. The highest BCUT2D eigenvalue weighted by molar-refractivity contribution is 5.71. The second-order valence-corrected chi connectivity index (χ2v) is 5.65. The van der Waals surface area contributed by atoms with Crippen molar-refractivity contribution in [1.82, 2.24) is 15.2 Å². The van der Waals surface area contributed by atoms with Crippen LogP contribution in [0.2, 0.25) is 0 Å². The van der Waals surface area contributed by atoms with Crippen LogP contribution in [-0.2, 0) is 0 Å². The molecule has 118 valence electrons. The lowest BCUT2D eigenvalue weighted by molar-refractivity contribution is 0.231. The Morgan fingerprint density at radius 3 is 2.77 bits per heavy atom. The molecule has 2 heterocycles. The summed E-state index contributed by atoms with van der Waals surface area (Å²) in [6.07, 6.45) is 12.1. The molecule has 0 amide bonds. The van der Waals surface area contributed by atoms with Crippen molar-refractivity contribution in [1.29, 1.82) is 0 Å². The Morgan fingerprint density at radius 2 is 2.09 bits per heavy atom. The highest BCUT2D eigenvalue weighted by atomic mass is 15.1. The van der Waals surface area contributed by atoms with Gasteiger partial charge in [-0.3, -0.25) is 4.98 Å². The Kier molecular flexibility index (Phi) is 6.91. The molecule has 22 heavy (non-hydrogen) atoms. The van der Waals surface area contributed by atoms with Crippen LogP contribution in [0.3, 0.4) is 0 Å². The second-order valence-electron chi connectivity index (χ2n) is 5.65. The van der Waals surface area contributed by atoms with Gasteiger partial charge in [-0.15, -0.1) is 0 Å². The smallest absolute Gasteiger partial charge is 0.0698 e. The summed E-state index contributed by atoms with van der Waals surface area (Å²) in [7, 11) is 0. The summed E-state index contributed by atoms with van der Waals surface area (Å²) >= 11 is 0. The lowest BCUT2D eigenvalue weighted by Crippen LogP contribution is -2.35. The van der Waals surface area contributed by atoms with Gasteiger partial charge in [0.1, 0.15) is 0 Å². The van der Waals surface area contributed by atoms with Gasteiger partial charge in [-0.1, -0.05) is 31.2 Å². The van der Waals surface area contributed by atoms with Crippen molar-refractivity contribution in [3.8, 4) is 0 Å². The summed E-state index contributed by atoms with van der Waals surface area (Å²) in [5.74, 6) is 0. The number of piperidine rings is 1. The van der Waals surface area contributed by atoms with Gasteiger partial charge in [-0.25, -0.2) is 0 Å². The van der Waals surface area contributed by atoms with Crippen LogP contribution in [0.15, 0.2) is 54.9 Å². The summed E-state index contributed by atoms with van der Waals surface area (Å²) < 4.78 is 0.